The Kier molecular flexibility index (Phi) is 6.80. The van der Waals surface area contributed by atoms with Crippen LogP contribution in [0.5, 0.6) is 0 Å². The second-order valence-corrected chi connectivity index (χ2v) is 7.50. The zero-order valence-electron chi connectivity index (χ0n) is 17.2. The summed E-state index contributed by atoms with van der Waals surface area (Å²) >= 11 is 0. The number of nitro groups is 1. The number of hydrogen-bond acceptors (Lipinski definition) is 7. The Hall–Kier alpha value is -3.15. The number of nitro benzene ring substituents is 1. The molecule has 1 aromatic carbocycles. The van der Waals surface area contributed by atoms with Crippen LogP contribution in [0.4, 0.5) is 11.4 Å². The van der Waals surface area contributed by atoms with Crippen LogP contribution in [0.1, 0.15) is 49.4 Å². The summed E-state index contributed by atoms with van der Waals surface area (Å²) < 4.78 is 5.34. The minimum absolute atomic E-state index is 0.000772. The molecule has 1 atom stereocenters. The van der Waals surface area contributed by atoms with Gasteiger partial charge in [0.25, 0.3) is 11.6 Å². The lowest BCUT2D eigenvalue weighted by Crippen LogP contribution is -2.53. The summed E-state index contributed by atoms with van der Waals surface area (Å²) in [6.07, 6.45) is 2.78. The smallest absolute Gasteiger partial charge is 0.341 e. The highest BCUT2D eigenvalue weighted by atomic mass is 16.6. The Labute approximate surface area is 170 Å². The quantitative estimate of drug-likeness (QED) is 0.408. The van der Waals surface area contributed by atoms with Crippen LogP contribution in [-0.2, 0) is 9.53 Å². The second kappa shape index (κ2) is 8.90. The molecule has 0 aromatic heterocycles. The third kappa shape index (κ3) is 4.65. The average molecular weight is 402 g/mol. The van der Waals surface area contributed by atoms with Crippen molar-refractivity contribution in [3.05, 3.63) is 33.9 Å². The Morgan fingerprint density at radius 2 is 1.86 bits per heavy atom. The lowest BCUT2D eigenvalue weighted by molar-refractivity contribution is -0.384. The number of nitrogens with zero attached hydrogens (tertiary/aromatic N) is 4. The molecule has 0 N–H and O–H groups in total. The molecule has 9 nitrogen and oxygen atoms in total. The Balaban J connectivity index is 2.22. The van der Waals surface area contributed by atoms with E-state index in [0.717, 1.165) is 25.3 Å². The molecule has 0 radical (unpaired) electrons. The highest BCUT2D eigenvalue weighted by Gasteiger charge is 2.41. The summed E-state index contributed by atoms with van der Waals surface area (Å²) in [4.78, 5) is 39.0. The molecule has 1 amide bonds. The molecule has 2 rings (SSSR count). The summed E-state index contributed by atoms with van der Waals surface area (Å²) in [6.45, 7) is 1.44. The van der Waals surface area contributed by atoms with E-state index in [4.69, 9.17) is 4.74 Å². The van der Waals surface area contributed by atoms with Crippen LogP contribution in [0.25, 0.3) is 0 Å². The fourth-order valence-corrected chi connectivity index (χ4v) is 3.61. The van der Waals surface area contributed by atoms with Gasteiger partial charge in [-0.25, -0.2) is 4.79 Å². The van der Waals surface area contributed by atoms with Crippen LogP contribution in [0.15, 0.2) is 18.2 Å². The molecule has 0 saturated heterocycles. The van der Waals surface area contributed by atoms with E-state index in [1.807, 2.05) is 0 Å². The number of rotatable bonds is 6. The van der Waals surface area contributed by atoms with Crippen LogP contribution < -0.4 is 4.90 Å². The maximum Gasteiger partial charge on any atom is 0.341 e. The van der Waals surface area contributed by atoms with E-state index in [0.29, 0.717) is 18.5 Å². The summed E-state index contributed by atoms with van der Waals surface area (Å²) in [5.74, 6) is -1.31. The first-order valence-corrected chi connectivity index (χ1v) is 9.48. The van der Waals surface area contributed by atoms with Gasteiger partial charge in [-0.05, 0) is 25.8 Å². The van der Waals surface area contributed by atoms with Gasteiger partial charge in [0, 0.05) is 33.3 Å². The summed E-state index contributed by atoms with van der Waals surface area (Å²) in [7, 11) is 4.94. The van der Waals surface area contributed by atoms with Gasteiger partial charge in [-0.3, -0.25) is 14.9 Å². The minimum atomic E-state index is -1.13. The van der Waals surface area contributed by atoms with Crippen LogP contribution in [0.3, 0.4) is 0 Å². The topological polar surface area (TPSA) is 117 Å². The summed E-state index contributed by atoms with van der Waals surface area (Å²) in [5, 5.41) is 20.7. The molecule has 156 valence electrons. The van der Waals surface area contributed by atoms with Gasteiger partial charge < -0.3 is 14.5 Å². The number of hydrogen-bond donors (Lipinski definition) is 0. The van der Waals surface area contributed by atoms with E-state index in [2.05, 4.69) is 6.07 Å². The molecular formula is C20H26N4O5. The van der Waals surface area contributed by atoms with Gasteiger partial charge in [-0.15, -0.1) is 0 Å². The van der Waals surface area contributed by atoms with Gasteiger partial charge in [0.2, 0.25) is 0 Å². The normalized spacial score (nSPS) is 16.2. The number of non-ortho nitro benzene ring substituents is 1. The molecule has 1 aliphatic carbocycles. The van der Waals surface area contributed by atoms with Gasteiger partial charge in [-0.2, -0.15) is 5.26 Å². The zero-order chi connectivity index (χ0) is 21.8. The summed E-state index contributed by atoms with van der Waals surface area (Å²) in [6, 6.07) is 6.16. The molecule has 29 heavy (non-hydrogen) atoms. The summed E-state index contributed by atoms with van der Waals surface area (Å²) in [5.41, 5.74) is -0.700. The maximum atomic E-state index is 12.8. The first-order chi connectivity index (χ1) is 13.6. The molecule has 1 fully saturated rings. The van der Waals surface area contributed by atoms with E-state index >= 15 is 0 Å². The highest BCUT2D eigenvalue weighted by Crippen LogP contribution is 2.33. The predicted octanol–water partition coefficient (Wildman–Crippen LogP) is 2.89. The van der Waals surface area contributed by atoms with Crippen LogP contribution in [-0.4, -0.2) is 54.5 Å². The van der Waals surface area contributed by atoms with E-state index in [1.165, 1.54) is 24.0 Å². The van der Waals surface area contributed by atoms with Crippen molar-refractivity contribution in [2.75, 3.05) is 26.0 Å². The average Bonchev–Trinajstić information content (AvgIpc) is 2.72. The largest absolute Gasteiger partial charge is 0.449 e. The number of ether oxygens (including phenoxy) is 1. The Bertz CT molecular complexity index is 840. The third-order valence-corrected chi connectivity index (χ3v) is 5.39. The zero-order valence-corrected chi connectivity index (χ0v) is 17.2. The molecular weight excluding hydrogens is 376 g/mol. The van der Waals surface area contributed by atoms with Crippen molar-refractivity contribution >= 4 is 23.3 Å². The molecule has 0 aliphatic heterocycles. The fraction of sp³-hybridized carbons (Fsp3) is 0.550. The number of carbonyl (C=O) groups is 2. The van der Waals surface area contributed by atoms with E-state index in [-0.39, 0.29) is 11.3 Å². The number of nitriles is 1. The van der Waals surface area contributed by atoms with Crippen molar-refractivity contribution in [3.8, 4) is 6.07 Å². The number of anilines is 1. The second-order valence-electron chi connectivity index (χ2n) is 7.50. The molecule has 0 heterocycles. The van der Waals surface area contributed by atoms with Crippen molar-refractivity contribution in [2.24, 2.45) is 0 Å². The van der Waals surface area contributed by atoms with Gasteiger partial charge in [0.1, 0.15) is 5.54 Å². The SMILES string of the molecule is C[C@@H](OC(=O)c1cc([N+](=O)[O-])ccc1N(C)C)C(=O)N(C)C1(C#N)CCCCC1. The fourth-order valence-electron chi connectivity index (χ4n) is 3.61. The van der Waals surface area contributed by atoms with Crippen molar-refractivity contribution in [1.82, 2.24) is 4.90 Å². The highest BCUT2D eigenvalue weighted by molar-refractivity contribution is 5.98. The number of likely N-dealkylation sites (N-methyl/N-ethyl adjacent to an activating group) is 1. The predicted molar refractivity (Wildman–Crippen MR) is 106 cm³/mol. The standard InChI is InChI=1S/C20H26N4O5/c1-14(18(25)23(4)20(13-21)10-6-5-7-11-20)29-19(26)16-12-15(24(27)28)8-9-17(16)22(2)3/h8-9,12,14H,5-7,10-11H2,1-4H3/t14-/m1/s1. The molecule has 0 bridgehead atoms. The number of benzene rings is 1. The molecule has 0 unspecified atom stereocenters. The molecule has 1 saturated carbocycles. The van der Waals surface area contributed by atoms with Gasteiger partial charge in [-0.1, -0.05) is 19.3 Å². The van der Waals surface area contributed by atoms with Crippen molar-refractivity contribution in [1.29, 1.82) is 5.26 Å². The van der Waals surface area contributed by atoms with E-state index in [1.54, 1.807) is 26.0 Å². The number of carbonyl (C=O) groups excluding carboxylic acids is 2. The van der Waals surface area contributed by atoms with Crippen LogP contribution >= 0.6 is 0 Å². The van der Waals surface area contributed by atoms with E-state index < -0.39 is 28.4 Å². The molecule has 9 heteroatoms. The molecule has 1 aliphatic rings. The lowest BCUT2D eigenvalue weighted by Gasteiger charge is -2.39. The first kappa shape index (κ1) is 22.1. The van der Waals surface area contributed by atoms with Gasteiger partial charge in [0.05, 0.1) is 22.2 Å². The maximum absolute atomic E-state index is 12.8. The van der Waals surface area contributed by atoms with Crippen LogP contribution in [0, 0.1) is 21.4 Å². The Morgan fingerprint density at radius 1 is 1.24 bits per heavy atom. The Morgan fingerprint density at radius 3 is 2.38 bits per heavy atom. The third-order valence-electron chi connectivity index (χ3n) is 5.39. The van der Waals surface area contributed by atoms with Crippen molar-refractivity contribution in [3.63, 3.8) is 0 Å². The number of amides is 1. The van der Waals surface area contributed by atoms with Crippen molar-refractivity contribution in [2.45, 2.75) is 50.7 Å². The molecule has 0 spiro atoms. The number of esters is 1. The molecule has 1 aromatic rings. The lowest BCUT2D eigenvalue weighted by atomic mass is 9.81. The van der Waals surface area contributed by atoms with Crippen LogP contribution in [0.2, 0.25) is 0 Å². The van der Waals surface area contributed by atoms with Gasteiger partial charge in [0.15, 0.2) is 6.10 Å². The first-order valence-electron chi connectivity index (χ1n) is 9.48. The monoisotopic (exact) mass is 402 g/mol. The minimum Gasteiger partial charge on any atom is -0.449 e. The van der Waals surface area contributed by atoms with Crippen molar-refractivity contribution < 1.29 is 19.2 Å². The van der Waals surface area contributed by atoms with E-state index in [9.17, 15) is 25.0 Å². The van der Waals surface area contributed by atoms with Gasteiger partial charge >= 0.3 is 5.97 Å².